The van der Waals surface area contributed by atoms with E-state index in [9.17, 15) is 4.79 Å². The third-order valence-corrected chi connectivity index (χ3v) is 4.67. The molecule has 1 unspecified atom stereocenters. The molecule has 6 heteroatoms. The van der Waals surface area contributed by atoms with E-state index >= 15 is 0 Å². The van der Waals surface area contributed by atoms with Crippen molar-refractivity contribution in [1.82, 2.24) is 15.5 Å². The average Bonchev–Trinajstić information content (AvgIpc) is 3.44. The van der Waals surface area contributed by atoms with E-state index in [2.05, 4.69) is 50.9 Å². The minimum Gasteiger partial charge on any atom is -0.369 e. The largest absolute Gasteiger partial charge is 0.369 e. The molecule has 1 aromatic rings. The maximum Gasteiger partial charge on any atom is 0.243 e. The molecule has 0 spiro atoms. The number of amides is 1. The molecular weight excluding hydrogens is 314 g/mol. The Bertz CT molecular complexity index is 597. The summed E-state index contributed by atoms with van der Waals surface area (Å²) in [5.74, 6) is 0.795. The molecule has 0 bridgehead atoms. The van der Waals surface area contributed by atoms with Crippen LogP contribution in [-0.2, 0) is 4.79 Å². The van der Waals surface area contributed by atoms with E-state index in [0.717, 1.165) is 31.9 Å². The maximum absolute atomic E-state index is 11.8. The quantitative estimate of drug-likeness (QED) is 0.627. The number of aliphatic imine (C=N–C) groups is 1. The van der Waals surface area contributed by atoms with Crippen molar-refractivity contribution < 1.29 is 4.79 Å². The van der Waals surface area contributed by atoms with E-state index in [1.165, 1.54) is 18.5 Å². The van der Waals surface area contributed by atoms with Crippen LogP contribution in [0, 0.1) is 0 Å². The topological polar surface area (TPSA) is 60.0 Å². The monoisotopic (exact) mass is 343 g/mol. The van der Waals surface area contributed by atoms with Gasteiger partial charge >= 0.3 is 0 Å². The fourth-order valence-corrected chi connectivity index (χ4v) is 3.00. The number of anilines is 1. The Morgan fingerprint density at radius 3 is 2.56 bits per heavy atom. The zero-order chi connectivity index (χ0) is 17.6. The van der Waals surface area contributed by atoms with Crippen molar-refractivity contribution in [2.45, 2.75) is 37.8 Å². The molecule has 6 nitrogen and oxygen atoms in total. The number of guanidine groups is 1. The smallest absolute Gasteiger partial charge is 0.243 e. The van der Waals surface area contributed by atoms with Crippen LogP contribution in [0.5, 0.6) is 0 Å². The minimum absolute atomic E-state index is 0.0199. The molecule has 1 amide bonds. The normalized spacial score (nSPS) is 21.0. The number of hydrogen-bond donors (Lipinski definition) is 2. The zero-order valence-electron chi connectivity index (χ0n) is 15.2. The standard InChI is InChI=1S/C19H29N5O/c1-23(2)18(25)13-20-19(21-15-10-11-15)22-16-7-6-12-24(14-16)17-8-4-3-5-9-17/h3-5,8-9,15-16H,6-7,10-14H2,1-2H3,(H2,20,21,22). The molecule has 25 heavy (non-hydrogen) atoms. The number of piperidine rings is 1. The Balaban J connectivity index is 1.60. The van der Waals surface area contributed by atoms with Gasteiger partial charge in [-0.2, -0.15) is 0 Å². The second-order valence-electron chi connectivity index (χ2n) is 7.14. The molecule has 1 aliphatic heterocycles. The van der Waals surface area contributed by atoms with Crippen molar-refractivity contribution in [3.8, 4) is 0 Å². The molecule has 1 saturated carbocycles. The van der Waals surface area contributed by atoms with Gasteiger partial charge in [0.15, 0.2) is 5.96 Å². The Kier molecular flexibility index (Phi) is 5.79. The van der Waals surface area contributed by atoms with E-state index < -0.39 is 0 Å². The molecular formula is C19H29N5O. The molecule has 0 radical (unpaired) electrons. The molecule has 1 atom stereocenters. The first kappa shape index (κ1) is 17.6. The summed E-state index contributed by atoms with van der Waals surface area (Å²) in [6.45, 7) is 2.23. The average molecular weight is 343 g/mol. The second kappa shape index (κ2) is 8.23. The van der Waals surface area contributed by atoms with Gasteiger partial charge in [-0.05, 0) is 37.8 Å². The van der Waals surface area contributed by atoms with Gasteiger partial charge in [0.2, 0.25) is 5.91 Å². The van der Waals surface area contributed by atoms with Crippen LogP contribution in [0.2, 0.25) is 0 Å². The number of hydrogen-bond acceptors (Lipinski definition) is 3. The number of nitrogens with one attached hydrogen (secondary N) is 2. The van der Waals surface area contributed by atoms with E-state index in [-0.39, 0.29) is 12.5 Å². The van der Waals surface area contributed by atoms with Crippen LogP contribution in [0.25, 0.3) is 0 Å². The number of carbonyl (C=O) groups excluding carboxylic acids is 1. The Morgan fingerprint density at radius 2 is 1.88 bits per heavy atom. The summed E-state index contributed by atoms with van der Waals surface area (Å²) in [7, 11) is 3.52. The highest BCUT2D eigenvalue weighted by Crippen LogP contribution is 2.20. The van der Waals surface area contributed by atoms with Gasteiger partial charge in [0.1, 0.15) is 6.54 Å². The van der Waals surface area contributed by atoms with Crippen molar-refractivity contribution in [3.05, 3.63) is 30.3 Å². The van der Waals surface area contributed by atoms with Gasteiger partial charge in [-0.3, -0.25) is 4.79 Å². The molecule has 3 rings (SSSR count). The minimum atomic E-state index is 0.0199. The van der Waals surface area contributed by atoms with E-state index in [1.807, 2.05) is 0 Å². The summed E-state index contributed by atoms with van der Waals surface area (Å²) in [5, 5.41) is 6.98. The highest BCUT2D eigenvalue weighted by atomic mass is 16.2. The molecule has 136 valence electrons. The van der Waals surface area contributed by atoms with Crippen LogP contribution in [0.4, 0.5) is 5.69 Å². The predicted octanol–water partition coefficient (Wildman–Crippen LogP) is 1.44. The zero-order valence-corrected chi connectivity index (χ0v) is 15.2. The number of benzene rings is 1. The third kappa shape index (κ3) is 5.37. The van der Waals surface area contributed by atoms with Gasteiger partial charge < -0.3 is 20.4 Å². The van der Waals surface area contributed by atoms with Crippen molar-refractivity contribution in [2.75, 3.05) is 38.6 Å². The molecule has 1 saturated heterocycles. The lowest BCUT2D eigenvalue weighted by Gasteiger charge is -2.35. The first-order valence-corrected chi connectivity index (χ1v) is 9.19. The first-order chi connectivity index (χ1) is 12.1. The highest BCUT2D eigenvalue weighted by molar-refractivity contribution is 5.85. The van der Waals surface area contributed by atoms with Crippen molar-refractivity contribution in [2.24, 2.45) is 4.99 Å². The molecule has 2 aliphatic rings. The van der Waals surface area contributed by atoms with Crippen LogP contribution < -0.4 is 15.5 Å². The van der Waals surface area contributed by atoms with E-state index in [0.29, 0.717) is 12.1 Å². The lowest BCUT2D eigenvalue weighted by Crippen LogP contribution is -2.52. The Morgan fingerprint density at radius 1 is 1.16 bits per heavy atom. The van der Waals surface area contributed by atoms with Crippen molar-refractivity contribution in [3.63, 3.8) is 0 Å². The van der Waals surface area contributed by atoms with Crippen LogP contribution >= 0.6 is 0 Å². The van der Waals surface area contributed by atoms with Gasteiger partial charge in [-0.15, -0.1) is 0 Å². The van der Waals surface area contributed by atoms with Gasteiger partial charge in [0.25, 0.3) is 0 Å². The summed E-state index contributed by atoms with van der Waals surface area (Å²) >= 11 is 0. The number of likely N-dealkylation sites (N-methyl/N-ethyl adjacent to an activating group) is 1. The number of carbonyl (C=O) groups is 1. The first-order valence-electron chi connectivity index (χ1n) is 9.19. The molecule has 0 aromatic heterocycles. The van der Waals surface area contributed by atoms with Crippen LogP contribution in [0.3, 0.4) is 0 Å². The SMILES string of the molecule is CN(C)C(=O)CN=C(NC1CC1)NC1CCCN(c2ccccc2)C1. The summed E-state index contributed by atoms with van der Waals surface area (Å²) in [5.41, 5.74) is 1.27. The van der Waals surface area contributed by atoms with Gasteiger partial charge in [-0.25, -0.2) is 4.99 Å². The summed E-state index contributed by atoms with van der Waals surface area (Å²) in [6.07, 6.45) is 4.64. The highest BCUT2D eigenvalue weighted by Gasteiger charge is 2.25. The molecule has 2 fully saturated rings. The van der Waals surface area contributed by atoms with E-state index in [4.69, 9.17) is 0 Å². The summed E-state index contributed by atoms with van der Waals surface area (Å²) in [6, 6.07) is 11.4. The predicted molar refractivity (Wildman–Crippen MR) is 102 cm³/mol. The Hall–Kier alpha value is -2.24. The van der Waals surface area contributed by atoms with Crippen LogP contribution in [-0.4, -0.2) is 62.6 Å². The van der Waals surface area contributed by atoms with Crippen molar-refractivity contribution >= 4 is 17.6 Å². The summed E-state index contributed by atoms with van der Waals surface area (Å²) < 4.78 is 0. The number of para-hydroxylation sites is 1. The van der Waals surface area contributed by atoms with Crippen molar-refractivity contribution in [1.29, 1.82) is 0 Å². The van der Waals surface area contributed by atoms with E-state index in [1.54, 1.807) is 19.0 Å². The Labute approximate surface area is 150 Å². The fourth-order valence-electron chi connectivity index (χ4n) is 3.00. The van der Waals surface area contributed by atoms with Gasteiger partial charge in [-0.1, -0.05) is 18.2 Å². The lowest BCUT2D eigenvalue weighted by molar-refractivity contribution is -0.127. The maximum atomic E-state index is 11.8. The van der Waals surface area contributed by atoms with Crippen LogP contribution in [0.15, 0.2) is 35.3 Å². The number of rotatable bonds is 5. The summed E-state index contributed by atoms with van der Waals surface area (Å²) in [4.78, 5) is 20.3. The molecule has 1 aliphatic carbocycles. The molecule has 2 N–H and O–H groups in total. The van der Waals surface area contributed by atoms with Crippen LogP contribution in [0.1, 0.15) is 25.7 Å². The molecule has 1 aromatic carbocycles. The second-order valence-corrected chi connectivity index (χ2v) is 7.14. The lowest BCUT2D eigenvalue weighted by atomic mass is 10.1. The fraction of sp³-hybridized carbons (Fsp3) is 0.579. The number of nitrogens with zero attached hydrogens (tertiary/aromatic N) is 3. The van der Waals surface area contributed by atoms with Gasteiger partial charge in [0, 0.05) is 45.0 Å². The third-order valence-electron chi connectivity index (χ3n) is 4.67. The molecule has 1 heterocycles. The van der Waals surface area contributed by atoms with Gasteiger partial charge in [0.05, 0.1) is 0 Å².